The normalized spacial score (nSPS) is 12.2. The monoisotopic (exact) mass is 564 g/mol. The molecule has 2 nitrogen and oxygen atoms in total. The third-order valence-electron chi connectivity index (χ3n) is 9.10. The first kappa shape index (κ1) is 23.2. The Morgan fingerprint density at radius 1 is 0.349 bits per heavy atom. The van der Waals surface area contributed by atoms with E-state index in [-0.39, 0.29) is 0 Å². The highest BCUT2D eigenvalue weighted by atomic mass is 32.1. The number of hydrogen-bond acceptors (Lipinski definition) is 1. The van der Waals surface area contributed by atoms with Gasteiger partial charge in [0.1, 0.15) is 0 Å². The van der Waals surface area contributed by atoms with Crippen LogP contribution < -0.4 is 0 Å². The minimum atomic E-state index is 1.18. The SMILES string of the molecule is c1ccc(-n2c3ccccc3c3cc(-n4c5ccccc5c5ccc6c(ccc7c8ccccc8sc76)c54)ccc32)cc1. The molecule has 0 fully saturated rings. The summed E-state index contributed by atoms with van der Waals surface area (Å²) >= 11 is 1.90. The summed E-state index contributed by atoms with van der Waals surface area (Å²) in [6.07, 6.45) is 0. The number of fused-ring (bicyclic) bond motifs is 12. The Kier molecular flexibility index (Phi) is 4.63. The van der Waals surface area contributed by atoms with Crippen LogP contribution >= 0.6 is 11.3 Å². The van der Waals surface area contributed by atoms with E-state index in [0.717, 1.165) is 0 Å². The highest BCUT2D eigenvalue weighted by molar-refractivity contribution is 7.26. The van der Waals surface area contributed by atoms with Gasteiger partial charge in [-0.2, -0.15) is 0 Å². The van der Waals surface area contributed by atoms with E-state index in [1.165, 1.54) is 85.9 Å². The van der Waals surface area contributed by atoms with Crippen molar-refractivity contribution in [2.75, 3.05) is 0 Å². The van der Waals surface area contributed by atoms with Gasteiger partial charge in [0.05, 0.1) is 22.1 Å². The maximum absolute atomic E-state index is 2.49. The first-order chi connectivity index (χ1) is 21.3. The average molecular weight is 565 g/mol. The molecule has 10 aromatic rings. The third kappa shape index (κ3) is 3.12. The van der Waals surface area contributed by atoms with Crippen molar-refractivity contribution in [2.45, 2.75) is 0 Å². The molecule has 0 aliphatic rings. The Morgan fingerprint density at radius 3 is 1.70 bits per heavy atom. The minimum absolute atomic E-state index is 1.18. The molecule has 0 spiro atoms. The fraction of sp³-hybridized carbons (Fsp3) is 0. The van der Waals surface area contributed by atoms with E-state index in [0.29, 0.717) is 0 Å². The quantitative estimate of drug-likeness (QED) is 0.198. The standard InChI is InChI=1S/C40H24N2S/c1-2-10-25(11-3-1)41-35-15-7-5-13-28(35)34-24-26(18-23-37(34)41)42-36-16-8-4-12-27(36)30-19-22-33-31(39(30)42)20-21-32-29-14-6-9-17-38(29)43-40(32)33/h1-24H. The Labute approximate surface area is 251 Å². The fourth-order valence-corrected chi connectivity index (χ4v) is 8.50. The van der Waals surface area contributed by atoms with Gasteiger partial charge in [-0.05, 0) is 48.5 Å². The van der Waals surface area contributed by atoms with Crippen molar-refractivity contribution >= 4 is 85.9 Å². The van der Waals surface area contributed by atoms with E-state index in [4.69, 9.17) is 0 Å². The lowest BCUT2D eigenvalue weighted by atomic mass is 10.0. The molecule has 3 aromatic heterocycles. The van der Waals surface area contributed by atoms with Crippen molar-refractivity contribution < 1.29 is 0 Å². The summed E-state index contributed by atoms with van der Waals surface area (Å²) in [7, 11) is 0. The zero-order chi connectivity index (χ0) is 28.1. The minimum Gasteiger partial charge on any atom is -0.309 e. The number of nitrogens with zero attached hydrogens (tertiary/aromatic N) is 2. The third-order valence-corrected chi connectivity index (χ3v) is 10.3. The number of para-hydroxylation sites is 3. The van der Waals surface area contributed by atoms with Crippen molar-refractivity contribution in [3.8, 4) is 11.4 Å². The van der Waals surface area contributed by atoms with Crippen LogP contribution in [0.25, 0.3) is 85.9 Å². The second-order valence-electron chi connectivity index (χ2n) is 11.3. The molecule has 0 aliphatic carbocycles. The summed E-state index contributed by atoms with van der Waals surface area (Å²) in [5.74, 6) is 0. The van der Waals surface area contributed by atoms with Gasteiger partial charge >= 0.3 is 0 Å². The zero-order valence-corrected chi connectivity index (χ0v) is 24.0. The summed E-state index contributed by atoms with van der Waals surface area (Å²) in [5, 5.41) is 10.4. The summed E-state index contributed by atoms with van der Waals surface area (Å²) < 4.78 is 7.57. The van der Waals surface area contributed by atoms with Gasteiger partial charge in [-0.1, -0.05) is 97.1 Å². The van der Waals surface area contributed by atoms with E-state index in [1.54, 1.807) is 0 Å². The van der Waals surface area contributed by atoms with Crippen molar-refractivity contribution in [1.29, 1.82) is 0 Å². The molecule has 3 heterocycles. The summed E-state index contributed by atoms with van der Waals surface area (Å²) in [6.45, 7) is 0. The number of hydrogen-bond donors (Lipinski definition) is 0. The fourth-order valence-electron chi connectivity index (χ4n) is 7.27. The van der Waals surface area contributed by atoms with E-state index < -0.39 is 0 Å². The topological polar surface area (TPSA) is 9.86 Å². The molecular weight excluding hydrogens is 541 g/mol. The molecule has 0 aliphatic heterocycles. The van der Waals surface area contributed by atoms with Crippen molar-refractivity contribution in [3.05, 3.63) is 146 Å². The summed E-state index contributed by atoms with van der Waals surface area (Å²) in [5.41, 5.74) is 7.29. The smallest absolute Gasteiger partial charge is 0.0619 e. The first-order valence-corrected chi connectivity index (χ1v) is 15.5. The first-order valence-electron chi connectivity index (χ1n) is 14.7. The predicted molar refractivity (Wildman–Crippen MR) is 186 cm³/mol. The predicted octanol–water partition coefficient (Wildman–Crippen LogP) is 11.4. The van der Waals surface area contributed by atoms with Gasteiger partial charge in [0.15, 0.2) is 0 Å². The van der Waals surface area contributed by atoms with E-state index in [9.17, 15) is 0 Å². The van der Waals surface area contributed by atoms with Crippen LogP contribution in [0.5, 0.6) is 0 Å². The highest BCUT2D eigenvalue weighted by Gasteiger charge is 2.19. The van der Waals surface area contributed by atoms with Crippen LogP contribution in [-0.2, 0) is 0 Å². The average Bonchev–Trinajstić information content (AvgIpc) is 3.73. The molecule has 0 saturated heterocycles. The number of benzene rings is 7. The van der Waals surface area contributed by atoms with E-state index >= 15 is 0 Å². The lowest BCUT2D eigenvalue weighted by Crippen LogP contribution is -1.96. The molecule has 0 N–H and O–H groups in total. The van der Waals surface area contributed by atoms with Gasteiger partial charge in [0, 0.05) is 63.9 Å². The molecule has 43 heavy (non-hydrogen) atoms. The van der Waals surface area contributed by atoms with Crippen LogP contribution in [-0.4, -0.2) is 9.13 Å². The maximum Gasteiger partial charge on any atom is 0.0619 e. The molecule has 200 valence electrons. The molecule has 0 radical (unpaired) electrons. The molecule has 0 amide bonds. The summed E-state index contributed by atoms with van der Waals surface area (Å²) in [6, 6.07) is 53.4. The van der Waals surface area contributed by atoms with E-state index in [2.05, 4.69) is 155 Å². The number of rotatable bonds is 2. The highest BCUT2D eigenvalue weighted by Crippen LogP contribution is 2.43. The van der Waals surface area contributed by atoms with Gasteiger partial charge in [-0.25, -0.2) is 0 Å². The van der Waals surface area contributed by atoms with E-state index in [1.807, 2.05) is 11.3 Å². The molecule has 0 bridgehead atoms. The van der Waals surface area contributed by atoms with Crippen LogP contribution in [0.4, 0.5) is 0 Å². The Hall–Kier alpha value is -5.38. The molecule has 0 unspecified atom stereocenters. The van der Waals surface area contributed by atoms with Crippen LogP contribution in [0.2, 0.25) is 0 Å². The van der Waals surface area contributed by atoms with Crippen LogP contribution in [0.1, 0.15) is 0 Å². The number of thiophene rings is 1. The lowest BCUT2D eigenvalue weighted by molar-refractivity contribution is 1.17. The Balaban J connectivity index is 1.33. The van der Waals surface area contributed by atoms with Crippen molar-refractivity contribution in [1.82, 2.24) is 9.13 Å². The van der Waals surface area contributed by atoms with Crippen molar-refractivity contribution in [3.63, 3.8) is 0 Å². The zero-order valence-electron chi connectivity index (χ0n) is 23.2. The molecule has 3 heteroatoms. The molecule has 0 atom stereocenters. The molecule has 7 aromatic carbocycles. The molecular formula is C40H24N2S. The molecule has 10 rings (SSSR count). The van der Waals surface area contributed by atoms with Gasteiger partial charge in [0.2, 0.25) is 0 Å². The lowest BCUT2D eigenvalue weighted by Gasteiger charge is -2.12. The second kappa shape index (κ2) is 8.57. The number of aromatic nitrogens is 2. The maximum atomic E-state index is 2.49. The summed E-state index contributed by atoms with van der Waals surface area (Å²) in [4.78, 5) is 0. The molecule has 0 saturated carbocycles. The van der Waals surface area contributed by atoms with Crippen molar-refractivity contribution in [2.24, 2.45) is 0 Å². The Bertz CT molecular complexity index is 2720. The van der Waals surface area contributed by atoms with Crippen LogP contribution in [0.15, 0.2) is 146 Å². The Morgan fingerprint density at radius 2 is 0.907 bits per heavy atom. The van der Waals surface area contributed by atoms with Crippen LogP contribution in [0.3, 0.4) is 0 Å². The van der Waals surface area contributed by atoms with Gasteiger partial charge in [-0.3, -0.25) is 0 Å². The largest absolute Gasteiger partial charge is 0.309 e. The van der Waals surface area contributed by atoms with Gasteiger partial charge in [0.25, 0.3) is 0 Å². The van der Waals surface area contributed by atoms with Gasteiger partial charge < -0.3 is 9.13 Å². The van der Waals surface area contributed by atoms with Crippen LogP contribution in [0, 0.1) is 0 Å². The second-order valence-corrected chi connectivity index (χ2v) is 12.4. The van der Waals surface area contributed by atoms with Gasteiger partial charge in [-0.15, -0.1) is 11.3 Å².